The van der Waals surface area contributed by atoms with E-state index in [1.165, 1.54) is 23.5 Å². The number of para-hydroxylation sites is 1. The third-order valence-electron chi connectivity index (χ3n) is 5.19. The monoisotopic (exact) mass is 432 g/mol. The average molecular weight is 433 g/mol. The van der Waals surface area contributed by atoms with Gasteiger partial charge >= 0.3 is 0 Å². The molecule has 6 heteroatoms. The number of nitrogens with zero attached hydrogens (tertiary/aromatic N) is 2. The number of halogens is 1. The van der Waals surface area contributed by atoms with E-state index in [0.717, 1.165) is 32.7 Å². The van der Waals surface area contributed by atoms with Crippen molar-refractivity contribution < 1.29 is 4.39 Å². The second kappa shape index (κ2) is 7.31. The molecule has 0 saturated carbocycles. The summed E-state index contributed by atoms with van der Waals surface area (Å²) in [5.41, 5.74) is 4.47. The molecular formula is C24H17FN2OS2. The third-order valence-corrected chi connectivity index (χ3v) is 6.60. The molecule has 0 N–H and O–H groups in total. The molecule has 0 unspecified atom stereocenters. The summed E-state index contributed by atoms with van der Waals surface area (Å²) >= 11 is 7.14. The van der Waals surface area contributed by atoms with Crippen molar-refractivity contribution in [3.05, 3.63) is 104 Å². The lowest BCUT2D eigenvalue weighted by atomic mass is 10.1. The molecule has 0 aliphatic rings. The Balaban J connectivity index is 1.90. The largest absolute Gasteiger partial charge is 0.288 e. The van der Waals surface area contributed by atoms with Crippen molar-refractivity contribution in [1.29, 1.82) is 0 Å². The summed E-state index contributed by atoms with van der Waals surface area (Å²) in [6, 6.07) is 22.0. The van der Waals surface area contributed by atoms with Gasteiger partial charge in [0, 0.05) is 0 Å². The van der Waals surface area contributed by atoms with E-state index in [0.29, 0.717) is 15.9 Å². The van der Waals surface area contributed by atoms with Gasteiger partial charge in [0.1, 0.15) is 11.5 Å². The molecule has 5 aromatic rings. The van der Waals surface area contributed by atoms with Crippen LogP contribution in [0.15, 0.2) is 77.6 Å². The number of aromatic nitrogens is 2. The van der Waals surface area contributed by atoms with Crippen LogP contribution in [0, 0.1) is 16.7 Å². The van der Waals surface area contributed by atoms with Crippen molar-refractivity contribution in [2.45, 2.75) is 13.5 Å². The first kappa shape index (κ1) is 18.9. The fourth-order valence-corrected chi connectivity index (χ4v) is 5.27. The highest BCUT2D eigenvalue weighted by molar-refractivity contribution is 7.73. The van der Waals surface area contributed by atoms with Gasteiger partial charge in [-0.1, -0.05) is 54.1 Å². The van der Waals surface area contributed by atoms with Gasteiger partial charge in [-0.3, -0.25) is 13.8 Å². The summed E-state index contributed by atoms with van der Waals surface area (Å²) in [6.07, 6.45) is 0. The zero-order valence-corrected chi connectivity index (χ0v) is 17.8. The zero-order valence-electron chi connectivity index (χ0n) is 16.1. The summed E-state index contributed by atoms with van der Waals surface area (Å²) in [7, 11) is 0. The van der Waals surface area contributed by atoms with Crippen LogP contribution in [0.25, 0.3) is 27.0 Å². The predicted molar refractivity (Wildman–Crippen MR) is 124 cm³/mol. The second-order valence-electron chi connectivity index (χ2n) is 7.26. The van der Waals surface area contributed by atoms with Crippen molar-refractivity contribution in [3.63, 3.8) is 0 Å². The summed E-state index contributed by atoms with van der Waals surface area (Å²) in [5, 5.41) is 0.622. The van der Waals surface area contributed by atoms with E-state index in [1.54, 1.807) is 16.7 Å². The minimum absolute atomic E-state index is 0.0664. The van der Waals surface area contributed by atoms with Crippen LogP contribution < -0.4 is 5.56 Å². The fraction of sp³-hybridized carbons (Fsp3) is 0.0833. The molecule has 2 aromatic heterocycles. The van der Waals surface area contributed by atoms with Crippen LogP contribution >= 0.6 is 23.6 Å². The Morgan fingerprint density at radius 1 is 1.00 bits per heavy atom. The smallest absolute Gasteiger partial charge is 0.261 e. The van der Waals surface area contributed by atoms with Gasteiger partial charge in [-0.05, 0) is 54.5 Å². The molecule has 148 valence electrons. The van der Waals surface area contributed by atoms with Crippen molar-refractivity contribution in [2.24, 2.45) is 0 Å². The molecule has 5 rings (SSSR count). The van der Waals surface area contributed by atoms with Gasteiger partial charge < -0.3 is 0 Å². The Labute approximate surface area is 181 Å². The molecule has 0 bridgehead atoms. The molecule has 0 aliphatic heterocycles. The first-order valence-electron chi connectivity index (χ1n) is 9.51. The van der Waals surface area contributed by atoms with E-state index in [1.807, 2.05) is 53.8 Å². The van der Waals surface area contributed by atoms with Gasteiger partial charge in [-0.2, -0.15) is 0 Å². The lowest BCUT2D eigenvalue weighted by Crippen LogP contribution is -2.23. The van der Waals surface area contributed by atoms with Crippen LogP contribution in [0.1, 0.15) is 11.1 Å². The predicted octanol–water partition coefficient (Wildman–Crippen LogP) is 6.21. The molecule has 0 fully saturated rings. The van der Waals surface area contributed by atoms with E-state index < -0.39 is 0 Å². The maximum atomic E-state index is 13.5. The quantitative estimate of drug-likeness (QED) is 0.317. The summed E-state index contributed by atoms with van der Waals surface area (Å²) in [4.78, 5) is 14.4. The Morgan fingerprint density at radius 3 is 2.53 bits per heavy atom. The lowest BCUT2D eigenvalue weighted by molar-refractivity contribution is 0.628. The summed E-state index contributed by atoms with van der Waals surface area (Å²) in [5.74, 6) is -0.298. The molecule has 30 heavy (non-hydrogen) atoms. The SMILES string of the molecule is Cc1cccc(Cn2c(=O)c3ccccc3n3c(=S)sc(-c4ccc(F)cc4)c23)c1. The fourth-order valence-electron chi connectivity index (χ4n) is 3.84. The van der Waals surface area contributed by atoms with Crippen LogP contribution in [-0.4, -0.2) is 8.97 Å². The molecule has 3 aromatic carbocycles. The maximum absolute atomic E-state index is 13.5. The Morgan fingerprint density at radius 2 is 1.77 bits per heavy atom. The lowest BCUT2D eigenvalue weighted by Gasteiger charge is -2.14. The van der Waals surface area contributed by atoms with E-state index in [-0.39, 0.29) is 11.4 Å². The zero-order chi connectivity index (χ0) is 20.8. The molecule has 0 spiro atoms. The Kier molecular flexibility index (Phi) is 4.60. The van der Waals surface area contributed by atoms with E-state index in [2.05, 4.69) is 6.07 Å². The number of hydrogen-bond acceptors (Lipinski definition) is 3. The standard InChI is InChI=1S/C24H17FN2OS2/c1-15-5-4-6-16(13-15)14-26-22-21(17-9-11-18(25)12-10-17)30-24(29)27(22)20-8-3-2-7-19(20)23(26)28/h2-13H,14H2,1H3. The highest BCUT2D eigenvalue weighted by Crippen LogP contribution is 2.33. The number of fused-ring (bicyclic) bond motifs is 3. The first-order valence-corrected chi connectivity index (χ1v) is 10.7. The molecular weight excluding hydrogens is 415 g/mol. The molecule has 0 atom stereocenters. The van der Waals surface area contributed by atoms with E-state index >= 15 is 0 Å². The number of benzene rings is 3. The minimum Gasteiger partial charge on any atom is -0.288 e. The van der Waals surface area contributed by atoms with Crippen LogP contribution in [0.4, 0.5) is 4.39 Å². The van der Waals surface area contributed by atoms with E-state index in [9.17, 15) is 9.18 Å². The van der Waals surface area contributed by atoms with Gasteiger partial charge in [0.25, 0.3) is 5.56 Å². The number of rotatable bonds is 3. The third kappa shape index (κ3) is 3.09. The summed E-state index contributed by atoms with van der Waals surface area (Å²) in [6.45, 7) is 2.46. The molecule has 0 aliphatic carbocycles. The summed E-state index contributed by atoms with van der Waals surface area (Å²) < 4.78 is 17.9. The van der Waals surface area contributed by atoms with Gasteiger partial charge in [-0.15, -0.1) is 11.3 Å². The average Bonchev–Trinajstić information content (AvgIpc) is 3.09. The van der Waals surface area contributed by atoms with Gasteiger partial charge in [0.05, 0.1) is 22.3 Å². The van der Waals surface area contributed by atoms with Crippen molar-refractivity contribution in [1.82, 2.24) is 8.97 Å². The van der Waals surface area contributed by atoms with Gasteiger partial charge in [0.2, 0.25) is 0 Å². The van der Waals surface area contributed by atoms with Crippen LogP contribution in [0.2, 0.25) is 0 Å². The van der Waals surface area contributed by atoms with E-state index in [4.69, 9.17) is 12.2 Å². The van der Waals surface area contributed by atoms with Gasteiger partial charge in [-0.25, -0.2) is 4.39 Å². The number of hydrogen-bond donors (Lipinski definition) is 0. The number of thiazole rings is 1. The highest BCUT2D eigenvalue weighted by Gasteiger charge is 2.18. The van der Waals surface area contributed by atoms with Crippen LogP contribution in [0.3, 0.4) is 0 Å². The molecule has 0 saturated heterocycles. The topological polar surface area (TPSA) is 26.4 Å². The van der Waals surface area contributed by atoms with Crippen LogP contribution in [0.5, 0.6) is 0 Å². The molecule has 0 radical (unpaired) electrons. The van der Waals surface area contributed by atoms with Crippen molar-refractivity contribution >= 4 is 40.1 Å². The minimum atomic E-state index is -0.298. The van der Waals surface area contributed by atoms with Gasteiger partial charge in [0.15, 0.2) is 3.95 Å². The van der Waals surface area contributed by atoms with Crippen molar-refractivity contribution in [2.75, 3.05) is 0 Å². The van der Waals surface area contributed by atoms with Crippen LogP contribution in [-0.2, 0) is 6.54 Å². The Bertz CT molecular complexity index is 1530. The normalized spacial score (nSPS) is 11.4. The molecule has 0 amide bonds. The Hall–Kier alpha value is -3.09. The molecule has 2 heterocycles. The maximum Gasteiger partial charge on any atom is 0.261 e. The first-order chi connectivity index (χ1) is 14.5. The second-order valence-corrected chi connectivity index (χ2v) is 8.90. The number of aryl methyl sites for hydroxylation is 1. The molecule has 3 nitrogen and oxygen atoms in total. The van der Waals surface area contributed by atoms with Crippen molar-refractivity contribution in [3.8, 4) is 10.4 Å². The highest BCUT2D eigenvalue weighted by atomic mass is 32.1.